The Hall–Kier alpha value is -2.79. The molecule has 0 aromatic heterocycles. The van der Waals surface area contributed by atoms with Gasteiger partial charge in [-0.15, -0.1) is 0 Å². The number of aliphatic carboxylic acids is 1. The minimum atomic E-state index is -1.17. The number of amides is 3. The third-order valence-electron chi connectivity index (χ3n) is 5.86. The molecule has 1 aliphatic rings. The number of phenolic OH excluding ortho intramolecular Hbond substituents is 1. The zero-order valence-electron chi connectivity index (χ0n) is 20.4. The number of hydrogen-bond acceptors (Lipinski definition) is 7. The second-order valence-corrected chi connectivity index (χ2v) is 9.98. The lowest BCUT2D eigenvalue weighted by atomic mass is 10.0. The van der Waals surface area contributed by atoms with Crippen molar-refractivity contribution >= 4 is 35.5 Å². The monoisotopic (exact) mass is 508 g/mol. The van der Waals surface area contributed by atoms with E-state index in [2.05, 4.69) is 21.3 Å². The van der Waals surface area contributed by atoms with E-state index in [0.29, 0.717) is 24.2 Å². The summed E-state index contributed by atoms with van der Waals surface area (Å²) in [6.45, 7) is 4.10. The minimum absolute atomic E-state index is 0.0601. The lowest BCUT2D eigenvalue weighted by Crippen LogP contribution is -2.58. The van der Waals surface area contributed by atoms with Gasteiger partial charge in [0.2, 0.25) is 17.7 Å². The Kier molecular flexibility index (Phi) is 11.3. The highest BCUT2D eigenvalue weighted by Gasteiger charge is 2.32. The summed E-state index contributed by atoms with van der Waals surface area (Å²) < 4.78 is 0. The molecule has 1 saturated heterocycles. The summed E-state index contributed by atoms with van der Waals surface area (Å²) in [6, 6.07) is 2.79. The Labute approximate surface area is 210 Å². The molecule has 194 valence electrons. The number of nitrogens with one attached hydrogen (secondary N) is 4. The molecule has 1 heterocycles. The molecule has 4 unspecified atom stereocenters. The average Bonchev–Trinajstić information content (AvgIpc) is 3.35. The molecule has 3 amide bonds. The van der Waals surface area contributed by atoms with E-state index < -0.39 is 35.9 Å². The molecule has 11 heteroatoms. The summed E-state index contributed by atoms with van der Waals surface area (Å²) in [5, 5.41) is 30.2. The van der Waals surface area contributed by atoms with Crippen molar-refractivity contribution in [2.75, 3.05) is 18.6 Å². The van der Waals surface area contributed by atoms with Crippen molar-refractivity contribution < 1.29 is 29.4 Å². The maximum atomic E-state index is 13.2. The first kappa shape index (κ1) is 28.4. The fourth-order valence-corrected chi connectivity index (χ4v) is 4.27. The zero-order chi connectivity index (χ0) is 26.0. The second-order valence-electron chi connectivity index (χ2n) is 8.99. The Morgan fingerprint density at radius 1 is 1.06 bits per heavy atom. The summed E-state index contributed by atoms with van der Waals surface area (Å²) in [5.41, 5.74) is 0.666. The third kappa shape index (κ3) is 9.06. The molecule has 0 radical (unpaired) electrons. The van der Waals surface area contributed by atoms with Crippen LogP contribution in [-0.4, -0.2) is 76.6 Å². The predicted octanol–water partition coefficient (Wildman–Crippen LogP) is 0.635. The van der Waals surface area contributed by atoms with Crippen molar-refractivity contribution in [1.82, 2.24) is 21.3 Å². The molecule has 1 aliphatic heterocycles. The van der Waals surface area contributed by atoms with E-state index in [4.69, 9.17) is 0 Å². The number of benzene rings is 1. The normalized spacial score (nSPS) is 17.9. The summed E-state index contributed by atoms with van der Waals surface area (Å²) >= 11 is 1.54. The molecule has 0 spiro atoms. The molecule has 0 saturated carbocycles. The summed E-state index contributed by atoms with van der Waals surface area (Å²) in [4.78, 5) is 50.6. The standard InChI is InChI=1S/C24H36N4O6S/c1-14(2)20(24(33)34)28-23(32)19(13-15-6-8-16(29)9-7-15)27-22(31)18(10-12-35-3)26-21(30)17-5-4-11-25-17/h6-9,14,17-20,25,29H,4-5,10-13H2,1-3H3,(H,26,30)(H,27,31)(H,28,32)(H,33,34). The summed E-state index contributed by atoms with van der Waals surface area (Å²) in [7, 11) is 0. The second kappa shape index (κ2) is 13.9. The van der Waals surface area contributed by atoms with Crippen molar-refractivity contribution in [1.29, 1.82) is 0 Å². The van der Waals surface area contributed by atoms with Crippen LogP contribution in [0.25, 0.3) is 0 Å². The van der Waals surface area contributed by atoms with Crippen LogP contribution in [0.15, 0.2) is 24.3 Å². The lowest BCUT2D eigenvalue weighted by Gasteiger charge is -2.26. The highest BCUT2D eigenvalue weighted by atomic mass is 32.2. The van der Waals surface area contributed by atoms with Gasteiger partial charge in [-0.1, -0.05) is 26.0 Å². The Bertz CT molecular complexity index is 873. The van der Waals surface area contributed by atoms with Crippen molar-refractivity contribution in [3.63, 3.8) is 0 Å². The topological polar surface area (TPSA) is 157 Å². The van der Waals surface area contributed by atoms with Crippen LogP contribution in [0.3, 0.4) is 0 Å². The van der Waals surface area contributed by atoms with Gasteiger partial charge in [0.15, 0.2) is 0 Å². The van der Waals surface area contributed by atoms with Crippen LogP contribution in [0.4, 0.5) is 0 Å². The maximum Gasteiger partial charge on any atom is 0.326 e. The van der Waals surface area contributed by atoms with Crippen LogP contribution in [-0.2, 0) is 25.6 Å². The number of thioether (sulfide) groups is 1. The number of carbonyl (C=O) groups is 4. The van der Waals surface area contributed by atoms with Gasteiger partial charge < -0.3 is 31.5 Å². The average molecular weight is 509 g/mol. The largest absolute Gasteiger partial charge is 0.508 e. The minimum Gasteiger partial charge on any atom is -0.508 e. The van der Waals surface area contributed by atoms with Gasteiger partial charge in [0.05, 0.1) is 6.04 Å². The van der Waals surface area contributed by atoms with Gasteiger partial charge in [-0.05, 0) is 61.4 Å². The lowest BCUT2D eigenvalue weighted by molar-refractivity contribution is -0.143. The molecular formula is C24H36N4O6S. The third-order valence-corrected chi connectivity index (χ3v) is 6.50. The van der Waals surface area contributed by atoms with Gasteiger partial charge in [0, 0.05) is 6.42 Å². The maximum absolute atomic E-state index is 13.2. The molecule has 35 heavy (non-hydrogen) atoms. The van der Waals surface area contributed by atoms with Gasteiger partial charge in [0.25, 0.3) is 0 Å². The quantitative estimate of drug-likeness (QED) is 0.227. The van der Waals surface area contributed by atoms with Crippen molar-refractivity contribution in [3.8, 4) is 5.75 Å². The molecule has 0 bridgehead atoms. The SMILES string of the molecule is CSCCC(NC(=O)C1CCCN1)C(=O)NC(Cc1ccc(O)cc1)C(=O)NC(C(=O)O)C(C)C. The molecule has 10 nitrogen and oxygen atoms in total. The van der Waals surface area contributed by atoms with Crippen LogP contribution < -0.4 is 21.3 Å². The van der Waals surface area contributed by atoms with E-state index in [0.717, 1.165) is 13.0 Å². The predicted molar refractivity (Wildman–Crippen MR) is 134 cm³/mol. The molecule has 1 aromatic carbocycles. The van der Waals surface area contributed by atoms with Gasteiger partial charge in [0.1, 0.15) is 23.9 Å². The van der Waals surface area contributed by atoms with E-state index >= 15 is 0 Å². The van der Waals surface area contributed by atoms with E-state index in [1.165, 1.54) is 23.9 Å². The van der Waals surface area contributed by atoms with E-state index in [9.17, 15) is 29.4 Å². The molecule has 6 N–H and O–H groups in total. The molecule has 4 atom stereocenters. The highest BCUT2D eigenvalue weighted by molar-refractivity contribution is 7.98. The fourth-order valence-electron chi connectivity index (χ4n) is 3.80. The molecular weight excluding hydrogens is 472 g/mol. The summed E-state index contributed by atoms with van der Waals surface area (Å²) in [5.74, 6) is -2.26. The number of phenols is 1. The van der Waals surface area contributed by atoms with E-state index in [-0.39, 0.29) is 30.0 Å². The Morgan fingerprint density at radius 3 is 2.26 bits per heavy atom. The van der Waals surface area contributed by atoms with E-state index in [1.54, 1.807) is 26.0 Å². The fraction of sp³-hybridized carbons (Fsp3) is 0.583. The summed E-state index contributed by atoms with van der Waals surface area (Å²) in [6.07, 6.45) is 3.93. The Balaban J connectivity index is 2.20. The van der Waals surface area contributed by atoms with Gasteiger partial charge >= 0.3 is 5.97 Å². The first-order valence-corrected chi connectivity index (χ1v) is 13.2. The van der Waals surface area contributed by atoms with Crippen LogP contribution in [0.1, 0.15) is 38.7 Å². The Morgan fingerprint density at radius 2 is 1.71 bits per heavy atom. The van der Waals surface area contributed by atoms with Crippen molar-refractivity contribution in [2.45, 2.75) is 63.7 Å². The van der Waals surface area contributed by atoms with E-state index in [1.807, 2.05) is 6.26 Å². The van der Waals surface area contributed by atoms with Gasteiger partial charge in [-0.25, -0.2) is 4.79 Å². The van der Waals surface area contributed by atoms with Crippen molar-refractivity contribution in [2.24, 2.45) is 5.92 Å². The first-order valence-electron chi connectivity index (χ1n) is 11.8. The highest BCUT2D eigenvalue weighted by Crippen LogP contribution is 2.13. The van der Waals surface area contributed by atoms with Crippen LogP contribution in [0.5, 0.6) is 5.75 Å². The van der Waals surface area contributed by atoms with Crippen molar-refractivity contribution in [3.05, 3.63) is 29.8 Å². The molecule has 0 aliphatic carbocycles. The number of carboxylic acid groups (broad SMARTS) is 1. The number of carbonyl (C=O) groups excluding carboxylic acids is 3. The van der Waals surface area contributed by atoms with Crippen LogP contribution in [0, 0.1) is 5.92 Å². The number of hydrogen-bond donors (Lipinski definition) is 6. The smallest absolute Gasteiger partial charge is 0.326 e. The molecule has 2 rings (SSSR count). The number of rotatable bonds is 13. The first-order chi connectivity index (χ1) is 16.6. The van der Waals surface area contributed by atoms with Crippen LogP contribution in [0.2, 0.25) is 0 Å². The number of aromatic hydroxyl groups is 1. The molecule has 1 aromatic rings. The van der Waals surface area contributed by atoms with Crippen LogP contribution >= 0.6 is 11.8 Å². The van der Waals surface area contributed by atoms with Gasteiger partial charge in [-0.2, -0.15) is 11.8 Å². The number of carboxylic acids is 1. The molecule has 1 fully saturated rings. The van der Waals surface area contributed by atoms with Gasteiger partial charge in [-0.3, -0.25) is 14.4 Å². The zero-order valence-corrected chi connectivity index (χ0v) is 21.2.